The summed E-state index contributed by atoms with van der Waals surface area (Å²) in [5.41, 5.74) is 4.70. The van der Waals surface area contributed by atoms with E-state index in [1.54, 1.807) is 11.1 Å². The first kappa shape index (κ1) is 8.98. The molecule has 0 aromatic carbocycles. The molecule has 0 amide bonds. The van der Waals surface area contributed by atoms with Crippen molar-refractivity contribution in [3.05, 3.63) is 11.1 Å². The quantitative estimate of drug-likeness (QED) is 0.613. The van der Waals surface area contributed by atoms with Gasteiger partial charge in [0.15, 0.2) is 0 Å². The van der Waals surface area contributed by atoms with Gasteiger partial charge >= 0.3 is 0 Å². The number of rotatable bonds is 2. The van der Waals surface area contributed by atoms with E-state index >= 15 is 0 Å². The Kier molecular flexibility index (Phi) is 2.52. The number of hydrogen-bond donors (Lipinski definition) is 0. The summed E-state index contributed by atoms with van der Waals surface area (Å²) in [5, 5.41) is 0. The Labute approximate surface area is 80.9 Å². The van der Waals surface area contributed by atoms with Crippen molar-refractivity contribution >= 4 is 5.71 Å². The Bertz CT molecular complexity index is 256. The van der Waals surface area contributed by atoms with Crippen LogP contribution in [0.2, 0.25) is 0 Å². The van der Waals surface area contributed by atoms with Crippen LogP contribution >= 0.6 is 0 Å². The van der Waals surface area contributed by atoms with Gasteiger partial charge < -0.3 is 0 Å². The van der Waals surface area contributed by atoms with E-state index in [9.17, 15) is 0 Å². The molecule has 72 valence electrons. The van der Waals surface area contributed by atoms with E-state index in [2.05, 4.69) is 18.8 Å². The summed E-state index contributed by atoms with van der Waals surface area (Å²) in [6.45, 7) is 5.41. The first-order valence-corrected chi connectivity index (χ1v) is 5.56. The Morgan fingerprint density at radius 1 is 1.38 bits per heavy atom. The molecule has 13 heavy (non-hydrogen) atoms. The van der Waals surface area contributed by atoms with Crippen LogP contribution in [0.4, 0.5) is 0 Å². The lowest BCUT2D eigenvalue weighted by molar-refractivity contribution is 0.912. The summed E-state index contributed by atoms with van der Waals surface area (Å²) < 4.78 is 0. The van der Waals surface area contributed by atoms with Gasteiger partial charge in [0.05, 0.1) is 0 Å². The standard InChI is InChI=1S/C12H19N/c1-3-13-12-6-4-5-11(12)9(2)10-7-8-10/h10H,3-8H2,1-2H3/b11-9+,13-12?. The zero-order chi connectivity index (χ0) is 9.26. The molecule has 2 aliphatic carbocycles. The molecule has 1 nitrogen and oxygen atoms in total. The Hall–Kier alpha value is -0.590. The molecule has 2 fully saturated rings. The molecule has 0 aromatic rings. The van der Waals surface area contributed by atoms with Crippen LogP contribution in [0.25, 0.3) is 0 Å². The Morgan fingerprint density at radius 2 is 2.15 bits per heavy atom. The van der Waals surface area contributed by atoms with E-state index in [4.69, 9.17) is 0 Å². The summed E-state index contributed by atoms with van der Waals surface area (Å²) in [6.07, 6.45) is 6.70. The van der Waals surface area contributed by atoms with Crippen molar-refractivity contribution < 1.29 is 0 Å². The van der Waals surface area contributed by atoms with Crippen LogP contribution in [0.1, 0.15) is 46.0 Å². The second-order valence-electron chi connectivity index (χ2n) is 4.21. The molecule has 2 aliphatic rings. The van der Waals surface area contributed by atoms with E-state index in [0.717, 1.165) is 12.5 Å². The van der Waals surface area contributed by atoms with Crippen LogP contribution in [-0.2, 0) is 0 Å². The molecule has 0 aromatic heterocycles. The van der Waals surface area contributed by atoms with Gasteiger partial charge in [-0.2, -0.15) is 0 Å². The summed E-state index contributed by atoms with van der Waals surface area (Å²) in [4.78, 5) is 4.60. The minimum atomic E-state index is 0.926. The summed E-state index contributed by atoms with van der Waals surface area (Å²) in [5.74, 6) is 0.926. The molecular weight excluding hydrogens is 158 g/mol. The van der Waals surface area contributed by atoms with Gasteiger partial charge in [-0.1, -0.05) is 5.57 Å². The van der Waals surface area contributed by atoms with Gasteiger partial charge in [-0.3, -0.25) is 4.99 Å². The maximum atomic E-state index is 4.60. The van der Waals surface area contributed by atoms with Gasteiger partial charge in [-0.15, -0.1) is 0 Å². The van der Waals surface area contributed by atoms with Crippen LogP contribution in [0, 0.1) is 5.92 Å². The molecule has 0 unspecified atom stereocenters. The molecule has 0 spiro atoms. The predicted molar refractivity (Wildman–Crippen MR) is 57.3 cm³/mol. The van der Waals surface area contributed by atoms with Crippen LogP contribution in [0.3, 0.4) is 0 Å². The molecule has 0 radical (unpaired) electrons. The van der Waals surface area contributed by atoms with Gasteiger partial charge in [0.25, 0.3) is 0 Å². The largest absolute Gasteiger partial charge is 0.290 e. The van der Waals surface area contributed by atoms with Gasteiger partial charge in [0.1, 0.15) is 0 Å². The average molecular weight is 177 g/mol. The van der Waals surface area contributed by atoms with Crippen molar-refractivity contribution in [2.75, 3.05) is 6.54 Å². The molecule has 0 bridgehead atoms. The molecule has 2 saturated carbocycles. The maximum Gasteiger partial charge on any atom is 0.0379 e. The van der Waals surface area contributed by atoms with Crippen LogP contribution in [0.5, 0.6) is 0 Å². The van der Waals surface area contributed by atoms with Gasteiger partial charge in [0, 0.05) is 12.3 Å². The van der Waals surface area contributed by atoms with Crippen molar-refractivity contribution in [3.8, 4) is 0 Å². The fourth-order valence-corrected chi connectivity index (χ4v) is 2.28. The lowest BCUT2D eigenvalue weighted by Crippen LogP contribution is -1.99. The highest BCUT2D eigenvalue weighted by molar-refractivity contribution is 6.02. The molecule has 0 N–H and O–H groups in total. The van der Waals surface area contributed by atoms with Gasteiger partial charge in [0.2, 0.25) is 0 Å². The number of hydrogen-bond acceptors (Lipinski definition) is 1. The van der Waals surface area contributed by atoms with E-state index in [-0.39, 0.29) is 0 Å². The summed E-state index contributed by atoms with van der Waals surface area (Å²) in [6, 6.07) is 0. The normalized spacial score (nSPS) is 29.8. The average Bonchev–Trinajstić information content (AvgIpc) is 2.87. The minimum absolute atomic E-state index is 0.926. The zero-order valence-corrected chi connectivity index (χ0v) is 8.77. The third-order valence-electron chi connectivity index (χ3n) is 3.20. The molecule has 0 aliphatic heterocycles. The lowest BCUT2D eigenvalue weighted by atomic mass is 10.0. The fraction of sp³-hybridized carbons (Fsp3) is 0.750. The Morgan fingerprint density at radius 3 is 2.77 bits per heavy atom. The Balaban J connectivity index is 2.20. The second-order valence-corrected chi connectivity index (χ2v) is 4.21. The summed E-state index contributed by atoms with van der Waals surface area (Å²) in [7, 11) is 0. The van der Waals surface area contributed by atoms with Crippen LogP contribution < -0.4 is 0 Å². The highest BCUT2D eigenvalue weighted by atomic mass is 14.7. The SMILES string of the molecule is CCN=C1CCC/C1=C(/C)C1CC1. The van der Waals surface area contributed by atoms with Crippen molar-refractivity contribution in [1.82, 2.24) is 0 Å². The maximum absolute atomic E-state index is 4.60. The molecule has 0 saturated heterocycles. The first-order valence-electron chi connectivity index (χ1n) is 5.56. The smallest absolute Gasteiger partial charge is 0.0379 e. The van der Waals surface area contributed by atoms with E-state index in [1.807, 2.05) is 0 Å². The van der Waals surface area contributed by atoms with E-state index < -0.39 is 0 Å². The third kappa shape index (κ3) is 1.84. The number of nitrogens with zero attached hydrogens (tertiary/aromatic N) is 1. The van der Waals surface area contributed by atoms with Crippen molar-refractivity contribution in [2.45, 2.75) is 46.0 Å². The highest BCUT2D eigenvalue weighted by Crippen LogP contribution is 2.40. The van der Waals surface area contributed by atoms with Crippen LogP contribution in [-0.4, -0.2) is 12.3 Å². The number of allylic oxidation sites excluding steroid dienone is 2. The minimum Gasteiger partial charge on any atom is -0.290 e. The zero-order valence-electron chi connectivity index (χ0n) is 8.77. The monoisotopic (exact) mass is 177 g/mol. The van der Waals surface area contributed by atoms with Gasteiger partial charge in [-0.05, 0) is 57.4 Å². The molecule has 2 rings (SSSR count). The number of aliphatic imine (C=N–C) groups is 1. The lowest BCUT2D eigenvalue weighted by Gasteiger charge is -2.05. The summed E-state index contributed by atoms with van der Waals surface area (Å²) >= 11 is 0. The van der Waals surface area contributed by atoms with Crippen molar-refractivity contribution in [2.24, 2.45) is 10.9 Å². The molecular formula is C12H19N. The third-order valence-corrected chi connectivity index (χ3v) is 3.20. The highest BCUT2D eigenvalue weighted by Gasteiger charge is 2.28. The first-order chi connectivity index (χ1) is 6.33. The molecule has 0 atom stereocenters. The molecule has 0 heterocycles. The van der Waals surface area contributed by atoms with Crippen LogP contribution in [0.15, 0.2) is 16.1 Å². The second kappa shape index (κ2) is 3.65. The van der Waals surface area contributed by atoms with Crippen molar-refractivity contribution in [3.63, 3.8) is 0 Å². The van der Waals surface area contributed by atoms with Crippen molar-refractivity contribution in [1.29, 1.82) is 0 Å². The fourth-order valence-electron chi connectivity index (χ4n) is 2.28. The van der Waals surface area contributed by atoms with E-state index in [0.29, 0.717) is 0 Å². The topological polar surface area (TPSA) is 12.4 Å². The van der Waals surface area contributed by atoms with Gasteiger partial charge in [-0.25, -0.2) is 0 Å². The van der Waals surface area contributed by atoms with E-state index in [1.165, 1.54) is 37.8 Å². The predicted octanol–water partition coefficient (Wildman–Crippen LogP) is 3.36. The molecule has 1 heteroatoms.